The van der Waals surface area contributed by atoms with E-state index in [0.717, 1.165) is 25.2 Å². The monoisotopic (exact) mass is 237 g/mol. The van der Waals surface area contributed by atoms with Crippen LogP contribution < -0.4 is 10.1 Å². The Hall–Kier alpha value is -1.06. The van der Waals surface area contributed by atoms with Crippen LogP contribution in [-0.2, 0) is 11.2 Å². The highest BCUT2D eigenvalue weighted by atomic mass is 16.5. The third kappa shape index (κ3) is 5.71. The van der Waals surface area contributed by atoms with E-state index < -0.39 is 0 Å². The van der Waals surface area contributed by atoms with Gasteiger partial charge in [-0.05, 0) is 38.1 Å². The van der Waals surface area contributed by atoms with Crippen molar-refractivity contribution >= 4 is 0 Å². The predicted octanol–water partition coefficient (Wildman–Crippen LogP) is 2.25. The van der Waals surface area contributed by atoms with Crippen molar-refractivity contribution in [2.24, 2.45) is 0 Å². The molecular weight excluding hydrogens is 214 g/mol. The van der Waals surface area contributed by atoms with Crippen molar-refractivity contribution in [3.63, 3.8) is 0 Å². The van der Waals surface area contributed by atoms with Crippen LogP contribution in [0, 0.1) is 0 Å². The van der Waals surface area contributed by atoms with Crippen molar-refractivity contribution in [2.45, 2.75) is 25.8 Å². The number of rotatable bonds is 8. The summed E-state index contributed by atoms with van der Waals surface area (Å²) in [7, 11) is 3.69. The van der Waals surface area contributed by atoms with Crippen molar-refractivity contribution in [2.75, 3.05) is 27.4 Å². The first-order valence-corrected chi connectivity index (χ1v) is 6.14. The van der Waals surface area contributed by atoms with E-state index in [9.17, 15) is 0 Å². The van der Waals surface area contributed by atoms with Gasteiger partial charge in [-0.1, -0.05) is 12.1 Å². The van der Waals surface area contributed by atoms with Gasteiger partial charge in [0, 0.05) is 26.2 Å². The molecule has 17 heavy (non-hydrogen) atoms. The predicted molar refractivity (Wildman–Crippen MR) is 70.7 cm³/mol. The minimum atomic E-state index is 0.503. The maximum atomic E-state index is 5.60. The topological polar surface area (TPSA) is 30.5 Å². The standard InChI is InChI=1S/C14H23NO2/c1-12(15-2)11-13-5-7-14(8-6-13)17-10-4-9-16-3/h5-8,12,15H,4,9-11H2,1-3H3. The second-order valence-electron chi connectivity index (χ2n) is 4.23. The van der Waals surface area contributed by atoms with Crippen LogP contribution in [-0.4, -0.2) is 33.4 Å². The molecule has 1 unspecified atom stereocenters. The van der Waals surface area contributed by atoms with Crippen LogP contribution in [0.1, 0.15) is 18.9 Å². The Morgan fingerprint density at radius 3 is 2.47 bits per heavy atom. The Labute approximate surface area is 104 Å². The lowest BCUT2D eigenvalue weighted by molar-refractivity contribution is 0.172. The number of nitrogens with one attached hydrogen (secondary N) is 1. The molecule has 0 radical (unpaired) electrons. The summed E-state index contributed by atoms with van der Waals surface area (Å²) in [6, 6.07) is 8.82. The molecule has 0 amide bonds. The van der Waals surface area contributed by atoms with Crippen molar-refractivity contribution in [3.05, 3.63) is 29.8 Å². The summed E-state index contributed by atoms with van der Waals surface area (Å²) in [4.78, 5) is 0. The van der Waals surface area contributed by atoms with Crippen molar-refractivity contribution < 1.29 is 9.47 Å². The highest BCUT2D eigenvalue weighted by Crippen LogP contribution is 2.13. The summed E-state index contributed by atoms with van der Waals surface area (Å²) in [5, 5.41) is 3.23. The number of benzene rings is 1. The maximum Gasteiger partial charge on any atom is 0.119 e. The third-order valence-corrected chi connectivity index (χ3v) is 2.72. The van der Waals surface area contributed by atoms with Crippen molar-refractivity contribution in [1.29, 1.82) is 0 Å². The van der Waals surface area contributed by atoms with Gasteiger partial charge in [0.15, 0.2) is 0 Å². The lowest BCUT2D eigenvalue weighted by Crippen LogP contribution is -2.23. The fourth-order valence-electron chi connectivity index (χ4n) is 1.57. The van der Waals surface area contributed by atoms with Gasteiger partial charge >= 0.3 is 0 Å². The van der Waals surface area contributed by atoms with Gasteiger partial charge < -0.3 is 14.8 Å². The molecule has 0 heterocycles. The summed E-state index contributed by atoms with van der Waals surface area (Å²) in [6.45, 7) is 3.63. The summed E-state index contributed by atoms with van der Waals surface area (Å²) in [5.74, 6) is 0.932. The largest absolute Gasteiger partial charge is 0.494 e. The zero-order chi connectivity index (χ0) is 12.5. The Morgan fingerprint density at radius 1 is 1.18 bits per heavy atom. The fourth-order valence-corrected chi connectivity index (χ4v) is 1.57. The number of hydrogen-bond donors (Lipinski definition) is 1. The Kier molecular flexibility index (Phi) is 6.67. The molecule has 1 rings (SSSR count). The van der Waals surface area contributed by atoms with Gasteiger partial charge in [-0.3, -0.25) is 0 Å². The Balaban J connectivity index is 2.34. The average molecular weight is 237 g/mol. The zero-order valence-electron chi connectivity index (χ0n) is 11.0. The van der Waals surface area contributed by atoms with Crippen LogP contribution >= 0.6 is 0 Å². The van der Waals surface area contributed by atoms with Gasteiger partial charge in [-0.2, -0.15) is 0 Å². The molecule has 3 nitrogen and oxygen atoms in total. The molecule has 0 aliphatic carbocycles. The molecular formula is C14H23NO2. The lowest BCUT2D eigenvalue weighted by Gasteiger charge is -2.11. The number of hydrogen-bond acceptors (Lipinski definition) is 3. The smallest absolute Gasteiger partial charge is 0.119 e. The van der Waals surface area contributed by atoms with Crippen LogP contribution in [0.3, 0.4) is 0 Å². The van der Waals surface area contributed by atoms with Crippen LogP contribution in [0.15, 0.2) is 24.3 Å². The van der Waals surface area contributed by atoms with Gasteiger partial charge in [-0.15, -0.1) is 0 Å². The molecule has 0 aliphatic heterocycles. The van der Waals surface area contributed by atoms with E-state index in [2.05, 4.69) is 24.4 Å². The van der Waals surface area contributed by atoms with E-state index in [-0.39, 0.29) is 0 Å². The quantitative estimate of drug-likeness (QED) is 0.703. The molecule has 1 aromatic rings. The lowest BCUT2D eigenvalue weighted by atomic mass is 10.1. The second-order valence-corrected chi connectivity index (χ2v) is 4.23. The molecule has 0 aromatic heterocycles. The highest BCUT2D eigenvalue weighted by Gasteiger charge is 2.00. The van der Waals surface area contributed by atoms with Gasteiger partial charge in [0.25, 0.3) is 0 Å². The number of methoxy groups -OCH3 is 1. The third-order valence-electron chi connectivity index (χ3n) is 2.72. The number of likely N-dealkylation sites (N-methyl/N-ethyl adjacent to an activating group) is 1. The van der Waals surface area contributed by atoms with Gasteiger partial charge in [0.05, 0.1) is 6.61 Å². The normalized spacial score (nSPS) is 12.4. The van der Waals surface area contributed by atoms with E-state index in [0.29, 0.717) is 12.6 Å². The summed E-state index contributed by atoms with van der Waals surface area (Å²) < 4.78 is 10.6. The van der Waals surface area contributed by atoms with E-state index in [1.807, 2.05) is 19.2 Å². The molecule has 0 aliphatic rings. The van der Waals surface area contributed by atoms with E-state index >= 15 is 0 Å². The van der Waals surface area contributed by atoms with Crippen LogP contribution in [0.2, 0.25) is 0 Å². The Bertz CT molecular complexity index is 298. The van der Waals surface area contributed by atoms with Gasteiger partial charge in [0.2, 0.25) is 0 Å². The first kappa shape index (κ1) is 14.0. The van der Waals surface area contributed by atoms with Gasteiger partial charge in [-0.25, -0.2) is 0 Å². The molecule has 96 valence electrons. The van der Waals surface area contributed by atoms with Gasteiger partial charge in [0.1, 0.15) is 5.75 Å². The molecule has 0 saturated heterocycles. The second kappa shape index (κ2) is 8.09. The van der Waals surface area contributed by atoms with E-state index in [4.69, 9.17) is 9.47 Å². The van der Waals surface area contributed by atoms with Crippen LogP contribution in [0.5, 0.6) is 5.75 Å². The molecule has 0 bridgehead atoms. The first-order chi connectivity index (χ1) is 8.26. The molecule has 1 atom stereocenters. The Morgan fingerprint density at radius 2 is 1.88 bits per heavy atom. The minimum absolute atomic E-state index is 0.503. The van der Waals surface area contributed by atoms with Crippen molar-refractivity contribution in [3.8, 4) is 5.75 Å². The SMILES string of the molecule is CNC(C)Cc1ccc(OCCCOC)cc1. The molecule has 0 spiro atoms. The van der Waals surface area contributed by atoms with E-state index in [1.165, 1.54) is 5.56 Å². The van der Waals surface area contributed by atoms with Crippen molar-refractivity contribution in [1.82, 2.24) is 5.32 Å². The summed E-state index contributed by atoms with van der Waals surface area (Å²) in [5.41, 5.74) is 1.33. The van der Waals surface area contributed by atoms with E-state index in [1.54, 1.807) is 7.11 Å². The fraction of sp³-hybridized carbons (Fsp3) is 0.571. The molecule has 0 fully saturated rings. The first-order valence-electron chi connectivity index (χ1n) is 6.14. The average Bonchev–Trinajstić information content (AvgIpc) is 2.36. The minimum Gasteiger partial charge on any atom is -0.494 e. The summed E-state index contributed by atoms with van der Waals surface area (Å²) in [6.07, 6.45) is 1.97. The molecule has 1 N–H and O–H groups in total. The molecule has 0 saturated carbocycles. The van der Waals surface area contributed by atoms with Crippen LogP contribution in [0.25, 0.3) is 0 Å². The highest BCUT2D eigenvalue weighted by molar-refractivity contribution is 5.27. The number of ether oxygens (including phenoxy) is 2. The van der Waals surface area contributed by atoms with Crippen LogP contribution in [0.4, 0.5) is 0 Å². The zero-order valence-corrected chi connectivity index (χ0v) is 11.0. The molecule has 1 aromatic carbocycles. The molecule has 3 heteroatoms. The summed E-state index contributed by atoms with van der Waals surface area (Å²) >= 11 is 0. The maximum absolute atomic E-state index is 5.60.